The number of aliphatic imine (C=N–C) groups is 1. The minimum atomic E-state index is -3.41. The maximum Gasteiger partial charge on any atom is 0.220 e. The Hall–Kier alpha value is -1.66. The van der Waals surface area contributed by atoms with Crippen molar-refractivity contribution in [3.05, 3.63) is 53.4 Å². The molecule has 1 saturated heterocycles. The molecule has 2 aromatic rings. The van der Waals surface area contributed by atoms with Gasteiger partial charge in [0.2, 0.25) is 10.0 Å². The first-order chi connectivity index (χ1) is 14.7. The summed E-state index contributed by atoms with van der Waals surface area (Å²) in [7, 11) is -1.66. The monoisotopic (exact) mass is 575 g/mol. The third-order valence-corrected chi connectivity index (χ3v) is 7.85. The number of nitrogens with one attached hydrogen (secondary N) is 1. The van der Waals surface area contributed by atoms with Crippen molar-refractivity contribution >= 4 is 40.0 Å². The number of guanidine groups is 1. The maximum atomic E-state index is 12.6. The van der Waals surface area contributed by atoms with Gasteiger partial charge in [-0.25, -0.2) is 8.42 Å². The van der Waals surface area contributed by atoms with Gasteiger partial charge in [-0.2, -0.15) is 4.31 Å². The minimum Gasteiger partial charge on any atom is -0.364 e. The van der Waals surface area contributed by atoms with Gasteiger partial charge >= 0.3 is 0 Å². The Morgan fingerprint density at radius 1 is 1.16 bits per heavy atom. The standard InChI is InChI=1S/C22H33N5O3S.HI/c1-5-22(2,3)19-8-6-18(7-9-19)16-24-21(23-4)26-11-13-27(14-12-26)31(28,29)17-20-10-15-30-25-20;/h6-10,15H,5,11-14,16-17H2,1-4H3,(H,23,24);1H. The molecular weight excluding hydrogens is 541 g/mol. The molecule has 32 heavy (non-hydrogen) atoms. The highest BCUT2D eigenvalue weighted by Gasteiger charge is 2.29. The molecule has 0 spiro atoms. The van der Waals surface area contributed by atoms with Crippen molar-refractivity contribution in [1.82, 2.24) is 19.7 Å². The Morgan fingerprint density at radius 3 is 2.34 bits per heavy atom. The number of piperazine rings is 1. The van der Waals surface area contributed by atoms with E-state index in [2.05, 4.69) is 65.4 Å². The van der Waals surface area contributed by atoms with E-state index in [4.69, 9.17) is 4.52 Å². The highest BCUT2D eigenvalue weighted by Crippen LogP contribution is 2.26. The third kappa shape index (κ3) is 6.67. The van der Waals surface area contributed by atoms with Crippen LogP contribution in [0.25, 0.3) is 0 Å². The van der Waals surface area contributed by atoms with Crippen LogP contribution in [0.5, 0.6) is 0 Å². The molecule has 0 radical (unpaired) electrons. The van der Waals surface area contributed by atoms with Crippen LogP contribution in [0.1, 0.15) is 44.0 Å². The second kappa shape index (κ2) is 11.5. The first-order valence-corrected chi connectivity index (χ1v) is 12.3. The van der Waals surface area contributed by atoms with E-state index >= 15 is 0 Å². The molecule has 2 heterocycles. The smallest absolute Gasteiger partial charge is 0.220 e. The first kappa shape index (κ1) is 26.6. The van der Waals surface area contributed by atoms with Crippen molar-refractivity contribution in [1.29, 1.82) is 0 Å². The Labute approximate surface area is 208 Å². The van der Waals surface area contributed by atoms with Crippen LogP contribution in [0.4, 0.5) is 0 Å². The van der Waals surface area contributed by atoms with Crippen LogP contribution in [0.3, 0.4) is 0 Å². The van der Waals surface area contributed by atoms with E-state index in [0.29, 0.717) is 38.4 Å². The van der Waals surface area contributed by atoms with Gasteiger partial charge in [-0.3, -0.25) is 4.99 Å². The summed E-state index contributed by atoms with van der Waals surface area (Å²) in [5, 5.41) is 7.11. The molecule has 1 N–H and O–H groups in total. The molecule has 1 aromatic carbocycles. The molecular formula is C22H34IN5O3S. The zero-order valence-corrected chi connectivity index (χ0v) is 22.4. The number of halogens is 1. The van der Waals surface area contributed by atoms with Crippen molar-refractivity contribution in [2.24, 2.45) is 4.99 Å². The third-order valence-electron chi connectivity index (χ3n) is 6.03. The Balaban J connectivity index is 0.00000363. The van der Waals surface area contributed by atoms with Crippen molar-refractivity contribution in [2.45, 2.75) is 44.9 Å². The van der Waals surface area contributed by atoms with Crippen LogP contribution >= 0.6 is 24.0 Å². The largest absolute Gasteiger partial charge is 0.364 e. The van der Waals surface area contributed by atoms with Gasteiger partial charge in [0.15, 0.2) is 5.96 Å². The van der Waals surface area contributed by atoms with Crippen LogP contribution in [0, 0.1) is 0 Å². The summed E-state index contributed by atoms with van der Waals surface area (Å²) in [6.07, 6.45) is 2.48. The fourth-order valence-corrected chi connectivity index (χ4v) is 4.98. The summed E-state index contributed by atoms with van der Waals surface area (Å²) >= 11 is 0. The molecule has 3 rings (SSSR count). The van der Waals surface area contributed by atoms with Gasteiger partial charge in [0, 0.05) is 45.8 Å². The Kier molecular flexibility index (Phi) is 9.53. The van der Waals surface area contributed by atoms with Gasteiger partial charge in [-0.1, -0.05) is 50.2 Å². The fourth-order valence-electron chi connectivity index (χ4n) is 3.56. The zero-order chi connectivity index (χ0) is 22.5. The lowest BCUT2D eigenvalue weighted by Crippen LogP contribution is -2.53. The predicted octanol–water partition coefficient (Wildman–Crippen LogP) is 3.20. The average Bonchev–Trinajstić information content (AvgIpc) is 3.27. The number of hydrogen-bond donors (Lipinski definition) is 1. The summed E-state index contributed by atoms with van der Waals surface area (Å²) < 4.78 is 31.5. The highest BCUT2D eigenvalue weighted by atomic mass is 127. The second-order valence-electron chi connectivity index (χ2n) is 8.47. The average molecular weight is 576 g/mol. The van der Waals surface area contributed by atoms with Crippen LogP contribution in [0.15, 0.2) is 46.1 Å². The number of aromatic nitrogens is 1. The number of sulfonamides is 1. The number of benzene rings is 1. The molecule has 0 bridgehead atoms. The van der Waals surface area contributed by atoms with Gasteiger partial charge in [0.05, 0.1) is 5.69 Å². The molecule has 0 amide bonds. The number of nitrogens with zero attached hydrogens (tertiary/aromatic N) is 4. The molecule has 10 heteroatoms. The Bertz CT molecular complexity index is 968. The first-order valence-electron chi connectivity index (χ1n) is 10.7. The maximum absolute atomic E-state index is 12.6. The van der Waals surface area contributed by atoms with E-state index in [-0.39, 0.29) is 35.1 Å². The summed E-state index contributed by atoms with van der Waals surface area (Å²) in [6.45, 7) is 9.40. The topological polar surface area (TPSA) is 91.0 Å². The minimum absolute atomic E-state index is 0. The van der Waals surface area contributed by atoms with Gasteiger partial charge in [-0.15, -0.1) is 24.0 Å². The molecule has 0 atom stereocenters. The van der Waals surface area contributed by atoms with Gasteiger partial charge < -0.3 is 14.7 Å². The lowest BCUT2D eigenvalue weighted by atomic mass is 9.82. The molecule has 8 nitrogen and oxygen atoms in total. The molecule has 178 valence electrons. The lowest BCUT2D eigenvalue weighted by molar-refractivity contribution is 0.259. The van der Waals surface area contributed by atoms with E-state index in [0.717, 1.165) is 12.4 Å². The molecule has 0 aliphatic carbocycles. The molecule has 1 aliphatic rings. The quantitative estimate of drug-likeness (QED) is 0.310. The van der Waals surface area contributed by atoms with Crippen LogP contribution < -0.4 is 5.32 Å². The van der Waals surface area contributed by atoms with Gasteiger partial charge in [-0.05, 0) is 23.0 Å². The van der Waals surface area contributed by atoms with Crippen LogP contribution in [-0.2, 0) is 27.7 Å². The number of hydrogen-bond acceptors (Lipinski definition) is 5. The summed E-state index contributed by atoms with van der Waals surface area (Å²) in [6, 6.07) is 10.3. The normalized spacial score (nSPS) is 16.0. The van der Waals surface area contributed by atoms with Crippen molar-refractivity contribution < 1.29 is 12.9 Å². The molecule has 1 aliphatic heterocycles. The SMILES string of the molecule is CCC(C)(C)c1ccc(CNC(=NC)N2CCN(S(=O)(=O)Cc3ccon3)CC2)cc1.I. The van der Waals surface area contributed by atoms with E-state index in [1.165, 1.54) is 21.7 Å². The van der Waals surface area contributed by atoms with Crippen molar-refractivity contribution in [3.63, 3.8) is 0 Å². The van der Waals surface area contributed by atoms with E-state index < -0.39 is 10.0 Å². The van der Waals surface area contributed by atoms with E-state index in [1.54, 1.807) is 13.1 Å². The van der Waals surface area contributed by atoms with Crippen molar-refractivity contribution in [3.8, 4) is 0 Å². The molecule has 1 fully saturated rings. The lowest BCUT2D eigenvalue weighted by Gasteiger charge is -2.35. The highest BCUT2D eigenvalue weighted by molar-refractivity contribution is 14.0. The van der Waals surface area contributed by atoms with Crippen molar-refractivity contribution in [2.75, 3.05) is 33.2 Å². The van der Waals surface area contributed by atoms with E-state index in [1.807, 2.05) is 0 Å². The van der Waals surface area contributed by atoms with Crippen LogP contribution in [0.2, 0.25) is 0 Å². The van der Waals surface area contributed by atoms with Gasteiger partial charge in [0.25, 0.3) is 0 Å². The summed E-state index contributed by atoms with van der Waals surface area (Å²) in [5.74, 6) is 0.646. The van der Waals surface area contributed by atoms with E-state index in [9.17, 15) is 8.42 Å². The molecule has 0 saturated carbocycles. The fraction of sp³-hybridized carbons (Fsp3) is 0.545. The summed E-state index contributed by atoms with van der Waals surface area (Å²) in [5.41, 5.74) is 3.13. The summed E-state index contributed by atoms with van der Waals surface area (Å²) in [4.78, 5) is 6.48. The van der Waals surface area contributed by atoms with Crippen LogP contribution in [-0.4, -0.2) is 62.0 Å². The Morgan fingerprint density at radius 2 is 1.81 bits per heavy atom. The predicted molar refractivity (Wildman–Crippen MR) is 138 cm³/mol. The zero-order valence-electron chi connectivity index (χ0n) is 19.2. The number of rotatable bonds is 7. The second-order valence-corrected chi connectivity index (χ2v) is 10.4. The van der Waals surface area contributed by atoms with Gasteiger partial charge in [0.1, 0.15) is 12.0 Å². The molecule has 0 unspecified atom stereocenters. The molecule has 1 aromatic heterocycles.